The highest BCUT2D eigenvalue weighted by molar-refractivity contribution is 7.21. The largest absolute Gasteiger partial charge is 0.396 e. The number of nitrogens with one attached hydrogen (secondary N) is 2. The maximum atomic E-state index is 13.0. The van der Waals surface area contributed by atoms with Crippen LogP contribution in [0, 0.1) is 6.92 Å². The zero-order valence-corrected chi connectivity index (χ0v) is 19.9. The first kappa shape index (κ1) is 22.1. The van der Waals surface area contributed by atoms with E-state index in [1.54, 1.807) is 6.20 Å². The van der Waals surface area contributed by atoms with Gasteiger partial charge in [0.25, 0.3) is 5.91 Å². The average Bonchev–Trinajstić information content (AvgIpc) is 2.98. The summed E-state index contributed by atoms with van der Waals surface area (Å²) in [7, 11) is 1.99. The summed E-state index contributed by atoms with van der Waals surface area (Å²) >= 11 is 1.31. The van der Waals surface area contributed by atoms with E-state index < -0.39 is 0 Å². The van der Waals surface area contributed by atoms with Crippen LogP contribution in [0.3, 0.4) is 0 Å². The van der Waals surface area contributed by atoms with Crippen LogP contribution in [0.25, 0.3) is 10.3 Å². The molecule has 0 radical (unpaired) electrons. The maximum Gasteiger partial charge on any atom is 0.263 e. The van der Waals surface area contributed by atoms with Crippen LogP contribution >= 0.6 is 11.3 Å². The lowest BCUT2D eigenvalue weighted by Crippen LogP contribution is -2.40. The van der Waals surface area contributed by atoms with E-state index in [4.69, 9.17) is 10.5 Å². The van der Waals surface area contributed by atoms with Crippen molar-refractivity contribution in [2.24, 2.45) is 0 Å². The number of aromatic nitrogens is 2. The Labute approximate surface area is 197 Å². The molecule has 1 unspecified atom stereocenters. The Kier molecular flexibility index (Phi) is 6.18. The van der Waals surface area contributed by atoms with E-state index in [0.717, 1.165) is 51.3 Å². The number of nitrogens with zero attached hydrogens (tertiary/aromatic N) is 3. The predicted octanol–water partition coefficient (Wildman–Crippen LogP) is 2.29. The number of hydrogen-bond acceptors (Lipinski definition) is 8. The number of carbonyl (C=O) groups is 1. The minimum atomic E-state index is -0.136. The molecular formula is C24H30N6O2S. The maximum absolute atomic E-state index is 13.0. The van der Waals surface area contributed by atoms with Gasteiger partial charge in [-0.3, -0.25) is 4.79 Å². The number of ether oxygens (including phenoxy) is 1. The third-order valence-corrected chi connectivity index (χ3v) is 7.65. The minimum Gasteiger partial charge on any atom is -0.396 e. The molecule has 174 valence electrons. The third-order valence-electron chi connectivity index (χ3n) is 6.56. The summed E-state index contributed by atoms with van der Waals surface area (Å²) in [6.07, 6.45) is 4.35. The van der Waals surface area contributed by atoms with Crippen molar-refractivity contribution in [2.45, 2.75) is 38.3 Å². The fourth-order valence-corrected chi connectivity index (χ4v) is 5.67. The van der Waals surface area contributed by atoms with Gasteiger partial charge in [0, 0.05) is 37.1 Å². The van der Waals surface area contributed by atoms with E-state index >= 15 is 0 Å². The lowest BCUT2D eigenvalue weighted by Gasteiger charge is -2.29. The molecule has 33 heavy (non-hydrogen) atoms. The van der Waals surface area contributed by atoms with Crippen LogP contribution in [0.1, 0.15) is 32.9 Å². The number of rotatable bonds is 4. The summed E-state index contributed by atoms with van der Waals surface area (Å²) in [6.45, 7) is 5.21. The molecule has 0 spiro atoms. The highest BCUT2D eigenvalue weighted by Gasteiger charge is 2.25. The molecule has 8 nitrogen and oxygen atoms in total. The molecule has 3 heterocycles. The molecule has 2 aromatic heterocycles. The summed E-state index contributed by atoms with van der Waals surface area (Å²) in [5, 5.41) is 6.53. The lowest BCUT2D eigenvalue weighted by atomic mass is 9.87. The summed E-state index contributed by atoms with van der Waals surface area (Å²) < 4.78 is 5.72. The van der Waals surface area contributed by atoms with E-state index in [0.29, 0.717) is 27.0 Å². The van der Waals surface area contributed by atoms with Crippen molar-refractivity contribution in [3.05, 3.63) is 46.1 Å². The lowest BCUT2D eigenvalue weighted by molar-refractivity contribution is 0.0938. The average molecular weight is 467 g/mol. The van der Waals surface area contributed by atoms with Gasteiger partial charge in [0.1, 0.15) is 15.2 Å². The van der Waals surface area contributed by atoms with Crippen LogP contribution in [0.4, 0.5) is 11.4 Å². The molecule has 0 bridgehead atoms. The number of carbonyl (C=O) groups excluding carboxylic acids is 1. The Bertz CT molecular complexity index is 1180. The Morgan fingerprint density at radius 1 is 1.30 bits per heavy atom. The fourth-order valence-electron chi connectivity index (χ4n) is 4.67. The fraction of sp³-hybridized carbons (Fsp3) is 0.458. The molecule has 3 aromatic rings. The van der Waals surface area contributed by atoms with Crippen molar-refractivity contribution < 1.29 is 9.53 Å². The van der Waals surface area contributed by atoms with Gasteiger partial charge in [-0.05, 0) is 56.5 Å². The Hall–Kier alpha value is -2.75. The molecule has 1 aromatic carbocycles. The number of benzene rings is 1. The topological polar surface area (TPSA) is 105 Å². The number of thiophene rings is 1. The molecule has 4 N–H and O–H groups in total. The molecular weight excluding hydrogens is 436 g/mol. The van der Waals surface area contributed by atoms with E-state index in [2.05, 4.69) is 43.7 Å². The van der Waals surface area contributed by atoms with E-state index in [-0.39, 0.29) is 11.9 Å². The van der Waals surface area contributed by atoms with Crippen molar-refractivity contribution in [1.82, 2.24) is 20.6 Å². The molecule has 1 fully saturated rings. The number of likely N-dealkylation sites (N-methyl/N-ethyl adjacent to an activating group) is 1. The molecule has 9 heteroatoms. The van der Waals surface area contributed by atoms with E-state index in [9.17, 15) is 4.79 Å². The molecule has 1 saturated heterocycles. The molecule has 2 aliphatic rings. The van der Waals surface area contributed by atoms with Crippen molar-refractivity contribution in [3.63, 3.8) is 0 Å². The number of amides is 1. The standard InChI is InChI=1S/C24H30N6O2S/c1-14-11-27-21-20(25)22(33-24(21)28-14)23(31)29-17-5-3-16-10-19(6-4-15(16)9-17)30-7-8-32-13-18(12-30)26-2/h4,6,10-11,17-18,26H,3,5,7-9,12-13,25H2,1-2H3,(H,29,31)/t17-,18?/m0/s1. The summed E-state index contributed by atoms with van der Waals surface area (Å²) in [4.78, 5) is 25.4. The van der Waals surface area contributed by atoms with Crippen molar-refractivity contribution >= 4 is 39.0 Å². The number of fused-ring (bicyclic) bond motifs is 2. The monoisotopic (exact) mass is 466 g/mol. The highest BCUT2D eigenvalue weighted by atomic mass is 32.1. The third kappa shape index (κ3) is 4.53. The molecule has 1 aliphatic heterocycles. The summed E-state index contributed by atoms with van der Waals surface area (Å²) in [6, 6.07) is 7.15. The molecule has 1 amide bonds. The van der Waals surface area contributed by atoms with Gasteiger partial charge < -0.3 is 26.0 Å². The van der Waals surface area contributed by atoms with Gasteiger partial charge in [-0.2, -0.15) is 0 Å². The molecule has 1 aliphatic carbocycles. The van der Waals surface area contributed by atoms with Crippen molar-refractivity contribution in [3.8, 4) is 0 Å². The molecule has 0 saturated carbocycles. The van der Waals surface area contributed by atoms with Crippen molar-refractivity contribution in [2.75, 3.05) is 44.0 Å². The van der Waals surface area contributed by atoms with E-state index in [1.165, 1.54) is 28.2 Å². The number of aryl methyl sites for hydroxylation is 2. The zero-order valence-electron chi connectivity index (χ0n) is 19.1. The number of hydrogen-bond donors (Lipinski definition) is 3. The Morgan fingerprint density at radius 3 is 3.03 bits per heavy atom. The number of anilines is 2. The van der Waals surface area contributed by atoms with E-state index in [1.807, 2.05) is 14.0 Å². The van der Waals surface area contributed by atoms with Gasteiger partial charge in [0.05, 0.1) is 24.6 Å². The normalized spacial score (nSPS) is 21.0. The second-order valence-corrected chi connectivity index (χ2v) is 9.88. The first-order valence-electron chi connectivity index (χ1n) is 11.5. The Morgan fingerprint density at radius 2 is 2.18 bits per heavy atom. The van der Waals surface area contributed by atoms with Gasteiger partial charge in [0.2, 0.25) is 0 Å². The van der Waals surface area contributed by atoms with Crippen LogP contribution < -0.4 is 21.3 Å². The van der Waals surface area contributed by atoms with Gasteiger partial charge in [0.15, 0.2) is 0 Å². The van der Waals surface area contributed by atoms with Gasteiger partial charge in [-0.15, -0.1) is 11.3 Å². The van der Waals surface area contributed by atoms with Crippen molar-refractivity contribution in [1.29, 1.82) is 0 Å². The van der Waals surface area contributed by atoms with Gasteiger partial charge >= 0.3 is 0 Å². The molecule has 5 rings (SSSR count). The van der Waals surface area contributed by atoms with Gasteiger partial charge in [-0.1, -0.05) is 6.07 Å². The van der Waals surface area contributed by atoms with Gasteiger partial charge in [-0.25, -0.2) is 9.97 Å². The quantitative estimate of drug-likeness (QED) is 0.542. The zero-order chi connectivity index (χ0) is 22.9. The van der Waals surface area contributed by atoms with Crippen LogP contribution in [0.2, 0.25) is 0 Å². The highest BCUT2D eigenvalue weighted by Crippen LogP contribution is 2.32. The Balaban J connectivity index is 1.28. The first-order valence-corrected chi connectivity index (χ1v) is 12.3. The predicted molar refractivity (Wildman–Crippen MR) is 132 cm³/mol. The van der Waals surface area contributed by atoms with Crippen LogP contribution in [0.5, 0.6) is 0 Å². The van der Waals surface area contributed by atoms with Crippen LogP contribution in [-0.2, 0) is 17.6 Å². The second kappa shape index (κ2) is 9.24. The smallest absolute Gasteiger partial charge is 0.263 e. The number of nitrogens with two attached hydrogens (primary N) is 1. The summed E-state index contributed by atoms with van der Waals surface area (Å²) in [5.41, 5.74) is 12.0. The molecule has 2 atom stereocenters. The first-order chi connectivity index (χ1) is 16.0. The minimum absolute atomic E-state index is 0.0865. The second-order valence-electron chi connectivity index (χ2n) is 8.88. The summed E-state index contributed by atoms with van der Waals surface area (Å²) in [5.74, 6) is -0.136. The number of nitrogen functional groups attached to an aromatic ring is 1. The van der Waals surface area contributed by atoms with Crippen LogP contribution in [-0.4, -0.2) is 61.3 Å². The SMILES string of the molecule is CNC1COCCN(c2ccc3c(c2)CC[C@H](NC(=O)c2sc4nc(C)cnc4c2N)C3)C1. The van der Waals surface area contributed by atoms with Crippen LogP contribution in [0.15, 0.2) is 24.4 Å².